The normalized spacial score (nSPS) is 31.0. The van der Waals surface area contributed by atoms with Gasteiger partial charge in [-0.05, 0) is 113 Å². The SMILES string of the molecule is CC(C)(C)OC(=O)c1cc(/N=N/c2ccccc2CCC(=O)OCC(=O)C2(O)CCC3C4CCC5=CC(=O)C=CC5(C)C4C(O)CC32C)ccc1O. The average Bonchev–Trinajstić information content (AvgIpc) is 3.35. The second-order valence-electron chi connectivity index (χ2n) is 16.2. The van der Waals surface area contributed by atoms with Crippen molar-refractivity contribution in [2.45, 2.75) is 96.9 Å². The van der Waals surface area contributed by atoms with E-state index in [-0.39, 0.29) is 60.5 Å². The number of aliphatic hydroxyl groups is 2. The van der Waals surface area contributed by atoms with Crippen LogP contribution >= 0.6 is 0 Å². The van der Waals surface area contributed by atoms with Crippen LogP contribution in [0.1, 0.15) is 89.1 Å². The van der Waals surface area contributed by atoms with Crippen LogP contribution in [0.5, 0.6) is 5.75 Å². The number of hydrogen-bond donors (Lipinski definition) is 3. The third-order valence-electron chi connectivity index (χ3n) is 11.9. The number of benzene rings is 2. The number of carbonyl (C=O) groups excluding carboxylic acids is 4. The van der Waals surface area contributed by atoms with Crippen LogP contribution in [0.4, 0.5) is 11.4 Å². The molecular weight excluding hydrogens is 664 g/mol. The van der Waals surface area contributed by atoms with Gasteiger partial charge in [0.05, 0.1) is 17.5 Å². The number of azo groups is 1. The number of Topliss-reactive ketones (excluding diaryl/α,β-unsaturated/α-hetero) is 1. The fourth-order valence-electron chi connectivity index (χ4n) is 9.38. The molecule has 0 aliphatic heterocycles. The summed E-state index contributed by atoms with van der Waals surface area (Å²) in [5.74, 6) is -2.19. The molecule has 4 aliphatic carbocycles. The minimum Gasteiger partial charge on any atom is -0.507 e. The predicted octanol–water partition coefficient (Wildman–Crippen LogP) is 6.82. The number of phenols is 1. The molecule has 7 atom stereocenters. The predicted molar refractivity (Wildman–Crippen MR) is 191 cm³/mol. The molecule has 0 bridgehead atoms. The molecule has 3 saturated carbocycles. The summed E-state index contributed by atoms with van der Waals surface area (Å²) in [5, 5.41) is 42.3. The van der Waals surface area contributed by atoms with E-state index in [1.165, 1.54) is 18.2 Å². The molecule has 52 heavy (non-hydrogen) atoms. The van der Waals surface area contributed by atoms with Crippen molar-refractivity contribution in [2.75, 3.05) is 6.61 Å². The highest BCUT2D eigenvalue weighted by molar-refractivity contribution is 6.01. The van der Waals surface area contributed by atoms with Crippen LogP contribution in [0.3, 0.4) is 0 Å². The lowest BCUT2D eigenvalue weighted by Gasteiger charge is -2.59. The van der Waals surface area contributed by atoms with Crippen LogP contribution in [0.25, 0.3) is 0 Å². The van der Waals surface area contributed by atoms with Crippen molar-refractivity contribution >= 4 is 34.9 Å². The maximum absolute atomic E-state index is 13.7. The van der Waals surface area contributed by atoms with E-state index in [1.807, 2.05) is 13.0 Å². The Hall–Kier alpha value is -4.48. The Morgan fingerprint density at radius 2 is 1.79 bits per heavy atom. The largest absolute Gasteiger partial charge is 0.507 e. The number of allylic oxidation sites excluding steroid dienone is 4. The van der Waals surface area contributed by atoms with E-state index in [0.717, 1.165) is 18.4 Å². The van der Waals surface area contributed by atoms with Crippen molar-refractivity contribution in [3.05, 3.63) is 77.4 Å². The molecule has 0 saturated heterocycles. The number of carbonyl (C=O) groups is 4. The van der Waals surface area contributed by atoms with Gasteiger partial charge in [0.1, 0.15) is 22.5 Å². The van der Waals surface area contributed by atoms with Gasteiger partial charge in [-0.3, -0.25) is 14.4 Å². The molecule has 0 amide bonds. The molecule has 0 spiro atoms. The fraction of sp³-hybridized carbons (Fsp3) is 0.512. The second-order valence-corrected chi connectivity index (χ2v) is 16.2. The van der Waals surface area contributed by atoms with E-state index >= 15 is 0 Å². The molecule has 3 fully saturated rings. The van der Waals surface area contributed by atoms with Gasteiger partial charge in [-0.25, -0.2) is 4.79 Å². The van der Waals surface area contributed by atoms with Crippen molar-refractivity contribution in [1.82, 2.24) is 0 Å². The standard InChI is InChI=1S/C41H48N2O9/c1-38(2,3)52-37(49)29-21-26(12-14-32(29)45)42-43-31-9-7-6-8-24(31)10-15-35(48)51-23-34(47)41(50)19-17-30-28-13-11-25-20-27(44)16-18-39(25,4)36(28)33(46)22-40(30,41)5/h6-9,12,14,16,18,20-21,28,30,33,36,45-46,50H,10-11,13,15,17,19,22-23H2,1-5H3/b43-42+. The number of aromatic hydroxyl groups is 1. The molecule has 0 heterocycles. The van der Waals surface area contributed by atoms with Crippen LogP contribution in [0.15, 0.2) is 76.5 Å². The first kappa shape index (κ1) is 37.3. The first-order chi connectivity index (χ1) is 24.4. The Labute approximate surface area is 303 Å². The highest BCUT2D eigenvalue weighted by Crippen LogP contribution is 2.67. The van der Waals surface area contributed by atoms with Crippen molar-refractivity contribution in [2.24, 2.45) is 38.8 Å². The van der Waals surface area contributed by atoms with Crippen LogP contribution < -0.4 is 0 Å². The monoisotopic (exact) mass is 712 g/mol. The molecule has 2 aromatic carbocycles. The highest BCUT2D eigenvalue weighted by Gasteiger charge is 2.68. The number of aliphatic hydroxyl groups excluding tert-OH is 1. The van der Waals surface area contributed by atoms with Gasteiger partial charge in [0, 0.05) is 23.2 Å². The van der Waals surface area contributed by atoms with Gasteiger partial charge in [0.2, 0.25) is 5.78 Å². The minimum absolute atomic E-state index is 0.00825. The number of ketones is 2. The maximum Gasteiger partial charge on any atom is 0.342 e. The van der Waals surface area contributed by atoms with Gasteiger partial charge in [-0.1, -0.05) is 43.7 Å². The van der Waals surface area contributed by atoms with E-state index in [2.05, 4.69) is 17.2 Å². The summed E-state index contributed by atoms with van der Waals surface area (Å²) in [5.41, 5.74) is -1.33. The van der Waals surface area contributed by atoms with Crippen molar-refractivity contribution in [1.29, 1.82) is 0 Å². The number of nitrogens with zero attached hydrogens (tertiary/aromatic N) is 2. The Balaban J connectivity index is 1.07. The zero-order valence-corrected chi connectivity index (χ0v) is 30.4. The fourth-order valence-corrected chi connectivity index (χ4v) is 9.38. The second kappa shape index (κ2) is 13.8. The molecule has 3 N–H and O–H groups in total. The summed E-state index contributed by atoms with van der Waals surface area (Å²) in [7, 11) is 0. The first-order valence-electron chi connectivity index (χ1n) is 18.0. The molecule has 7 unspecified atom stereocenters. The smallest absolute Gasteiger partial charge is 0.342 e. The zero-order valence-electron chi connectivity index (χ0n) is 30.4. The van der Waals surface area contributed by atoms with Crippen molar-refractivity contribution < 1.29 is 44.0 Å². The zero-order chi connectivity index (χ0) is 37.6. The highest BCUT2D eigenvalue weighted by atomic mass is 16.6. The van der Waals surface area contributed by atoms with Gasteiger partial charge < -0.3 is 24.8 Å². The number of aryl methyl sites for hydroxylation is 1. The van der Waals surface area contributed by atoms with Crippen molar-refractivity contribution in [3.8, 4) is 5.75 Å². The van der Waals surface area contributed by atoms with Crippen LogP contribution in [0, 0.1) is 28.6 Å². The molecule has 11 heteroatoms. The van der Waals surface area contributed by atoms with E-state index in [1.54, 1.807) is 57.2 Å². The third kappa shape index (κ3) is 6.88. The molecule has 0 aromatic heterocycles. The Bertz CT molecular complexity index is 1870. The molecule has 276 valence electrons. The van der Waals surface area contributed by atoms with Crippen molar-refractivity contribution in [3.63, 3.8) is 0 Å². The topological polar surface area (TPSA) is 172 Å². The Morgan fingerprint density at radius 3 is 2.54 bits per heavy atom. The van der Waals surface area contributed by atoms with E-state index < -0.39 is 52.5 Å². The third-order valence-corrected chi connectivity index (χ3v) is 11.9. The lowest BCUT2D eigenvalue weighted by atomic mass is 9.46. The number of fused-ring (bicyclic) bond motifs is 5. The van der Waals surface area contributed by atoms with Gasteiger partial charge in [0.25, 0.3) is 0 Å². The number of rotatable bonds is 9. The first-order valence-corrected chi connectivity index (χ1v) is 18.0. The Morgan fingerprint density at radius 1 is 1.04 bits per heavy atom. The van der Waals surface area contributed by atoms with E-state index in [9.17, 15) is 34.5 Å². The lowest BCUT2D eigenvalue weighted by molar-refractivity contribution is -0.181. The molecule has 6 rings (SSSR count). The van der Waals surface area contributed by atoms with Gasteiger partial charge in [0.15, 0.2) is 12.4 Å². The van der Waals surface area contributed by atoms with Gasteiger partial charge in [-0.15, -0.1) is 0 Å². The summed E-state index contributed by atoms with van der Waals surface area (Å²) in [4.78, 5) is 51.3. The Kier molecular flexibility index (Phi) is 9.91. The summed E-state index contributed by atoms with van der Waals surface area (Å²) in [6, 6.07) is 11.3. The van der Waals surface area contributed by atoms with E-state index in [4.69, 9.17) is 9.47 Å². The molecule has 0 radical (unpaired) electrons. The number of hydrogen-bond acceptors (Lipinski definition) is 11. The molecule has 11 nitrogen and oxygen atoms in total. The van der Waals surface area contributed by atoms with E-state index in [0.29, 0.717) is 23.4 Å². The minimum atomic E-state index is -1.75. The average molecular weight is 713 g/mol. The number of esters is 2. The van der Waals surface area contributed by atoms with Crippen LogP contribution in [0.2, 0.25) is 0 Å². The van der Waals surface area contributed by atoms with Gasteiger partial charge in [-0.2, -0.15) is 10.2 Å². The molecular formula is C41H48N2O9. The number of phenolic OH excluding ortho intramolecular Hbond substituents is 1. The number of ether oxygens (including phenoxy) is 2. The quantitative estimate of drug-likeness (QED) is 0.186. The van der Waals surface area contributed by atoms with Crippen LogP contribution in [-0.2, 0) is 30.3 Å². The molecule has 2 aromatic rings. The maximum atomic E-state index is 13.7. The summed E-state index contributed by atoms with van der Waals surface area (Å²) < 4.78 is 10.8. The summed E-state index contributed by atoms with van der Waals surface area (Å²) in [6.07, 6.45) is 7.21. The van der Waals surface area contributed by atoms with Gasteiger partial charge >= 0.3 is 11.9 Å². The summed E-state index contributed by atoms with van der Waals surface area (Å²) in [6.45, 7) is 8.58. The van der Waals surface area contributed by atoms with Crippen LogP contribution in [-0.4, -0.2) is 62.7 Å². The lowest BCUT2D eigenvalue weighted by Crippen LogP contribution is -2.61. The summed E-state index contributed by atoms with van der Waals surface area (Å²) >= 11 is 0. The molecule has 4 aliphatic rings.